The van der Waals surface area contributed by atoms with Gasteiger partial charge >= 0.3 is 0 Å². The molecule has 0 atom stereocenters. The van der Waals surface area contributed by atoms with E-state index in [1.54, 1.807) is 0 Å². The zero-order valence-electron chi connectivity index (χ0n) is 9.05. The Labute approximate surface area is 85.6 Å². The summed E-state index contributed by atoms with van der Waals surface area (Å²) in [6, 6.07) is 0. The van der Waals surface area contributed by atoms with E-state index in [0.29, 0.717) is 5.92 Å². The molecule has 13 heavy (non-hydrogen) atoms. The lowest BCUT2D eigenvalue weighted by Crippen LogP contribution is -2.46. The summed E-state index contributed by atoms with van der Waals surface area (Å²) in [6.07, 6.45) is 1.22. The molecule has 3 heteroatoms. The highest BCUT2D eigenvalue weighted by atomic mass is 32.2. The van der Waals surface area contributed by atoms with Crippen molar-refractivity contribution >= 4 is 16.9 Å². The Morgan fingerprint density at radius 3 is 2.77 bits per heavy atom. The van der Waals surface area contributed by atoms with Gasteiger partial charge in [-0.25, -0.2) is 0 Å². The molecule has 76 valence electrons. The Morgan fingerprint density at radius 1 is 1.54 bits per heavy atom. The van der Waals surface area contributed by atoms with E-state index in [9.17, 15) is 0 Å². The van der Waals surface area contributed by atoms with Crippen molar-refractivity contribution in [1.29, 1.82) is 0 Å². The zero-order valence-corrected chi connectivity index (χ0v) is 9.87. The second-order valence-corrected chi connectivity index (χ2v) is 5.73. The minimum atomic E-state index is 0.237. The van der Waals surface area contributed by atoms with Crippen LogP contribution in [0.1, 0.15) is 34.1 Å². The van der Waals surface area contributed by atoms with E-state index in [4.69, 9.17) is 0 Å². The van der Waals surface area contributed by atoms with E-state index in [-0.39, 0.29) is 5.54 Å². The molecule has 1 N–H and O–H groups in total. The standard InChI is InChI=1S/C10H20N2S/c1-8(2)7-11-9-12-10(3,4)5-6-13-9/h8H,5-7H2,1-4H3,(H,11,12). The normalized spacial score (nSPS) is 24.8. The van der Waals surface area contributed by atoms with Gasteiger partial charge in [0.05, 0.1) is 0 Å². The summed E-state index contributed by atoms with van der Waals surface area (Å²) in [6.45, 7) is 9.80. The summed E-state index contributed by atoms with van der Waals surface area (Å²) in [7, 11) is 0. The quantitative estimate of drug-likeness (QED) is 0.740. The molecule has 1 fully saturated rings. The Morgan fingerprint density at radius 2 is 2.23 bits per heavy atom. The zero-order chi connectivity index (χ0) is 9.90. The predicted octanol–water partition coefficient (Wildman–Crippen LogP) is 2.50. The molecule has 0 saturated carbocycles. The van der Waals surface area contributed by atoms with Gasteiger partial charge < -0.3 is 5.32 Å². The summed E-state index contributed by atoms with van der Waals surface area (Å²) in [5, 5.41) is 4.59. The van der Waals surface area contributed by atoms with Crippen molar-refractivity contribution in [3.8, 4) is 0 Å². The third-order valence-corrected chi connectivity index (χ3v) is 2.92. The van der Waals surface area contributed by atoms with Crippen molar-refractivity contribution in [2.45, 2.75) is 39.7 Å². The largest absolute Gasteiger partial charge is 0.360 e. The van der Waals surface area contributed by atoms with E-state index >= 15 is 0 Å². The van der Waals surface area contributed by atoms with Crippen LogP contribution in [-0.2, 0) is 0 Å². The number of aliphatic imine (C=N–C) groups is 1. The van der Waals surface area contributed by atoms with Crippen LogP contribution in [0.15, 0.2) is 4.99 Å². The minimum Gasteiger partial charge on any atom is -0.360 e. The molecule has 1 saturated heterocycles. The molecule has 0 aliphatic carbocycles. The van der Waals surface area contributed by atoms with Crippen LogP contribution in [0.4, 0.5) is 0 Å². The Kier molecular flexibility index (Phi) is 3.65. The number of rotatable bonds is 2. The summed E-state index contributed by atoms with van der Waals surface area (Å²) in [5.74, 6) is 1.84. The lowest BCUT2D eigenvalue weighted by Gasteiger charge is -2.32. The summed E-state index contributed by atoms with van der Waals surface area (Å²) in [4.78, 5) is 4.55. The Hall–Kier alpha value is -0.180. The summed E-state index contributed by atoms with van der Waals surface area (Å²) < 4.78 is 0. The first kappa shape index (κ1) is 10.9. The van der Waals surface area contributed by atoms with Gasteiger partial charge in [-0.2, -0.15) is 0 Å². The lowest BCUT2D eigenvalue weighted by atomic mass is 10.0. The fourth-order valence-corrected chi connectivity index (χ4v) is 2.46. The number of nitrogens with one attached hydrogen (secondary N) is 1. The van der Waals surface area contributed by atoms with Crippen LogP contribution in [0.2, 0.25) is 0 Å². The van der Waals surface area contributed by atoms with E-state index < -0.39 is 0 Å². The third-order valence-electron chi connectivity index (χ3n) is 2.01. The second kappa shape index (κ2) is 4.36. The van der Waals surface area contributed by atoms with Gasteiger partial charge in [0.25, 0.3) is 0 Å². The Bertz CT molecular complexity index is 197. The number of hydrogen-bond acceptors (Lipinski definition) is 2. The van der Waals surface area contributed by atoms with Crippen LogP contribution in [0.3, 0.4) is 0 Å². The number of nitrogens with zero attached hydrogens (tertiary/aromatic N) is 1. The number of amidine groups is 1. The SMILES string of the molecule is CC(C)CN=C1NC(C)(C)CCS1. The topological polar surface area (TPSA) is 24.4 Å². The van der Waals surface area contributed by atoms with E-state index in [2.05, 4.69) is 38.0 Å². The molecule has 1 rings (SSSR count). The first-order valence-corrected chi connectivity index (χ1v) is 5.93. The molecule has 0 aromatic rings. The van der Waals surface area contributed by atoms with Gasteiger partial charge in [0.1, 0.15) is 0 Å². The van der Waals surface area contributed by atoms with Crippen molar-refractivity contribution < 1.29 is 0 Å². The van der Waals surface area contributed by atoms with Crippen LogP contribution in [-0.4, -0.2) is 23.0 Å². The van der Waals surface area contributed by atoms with Crippen molar-refractivity contribution in [2.24, 2.45) is 10.9 Å². The molecular formula is C10H20N2S. The Balaban J connectivity index is 2.46. The first-order valence-electron chi connectivity index (χ1n) is 4.95. The van der Waals surface area contributed by atoms with Crippen LogP contribution >= 0.6 is 11.8 Å². The molecule has 1 aliphatic heterocycles. The van der Waals surface area contributed by atoms with Crippen molar-refractivity contribution in [3.05, 3.63) is 0 Å². The van der Waals surface area contributed by atoms with Crippen molar-refractivity contribution in [3.63, 3.8) is 0 Å². The summed E-state index contributed by atoms with van der Waals surface area (Å²) >= 11 is 1.85. The number of hydrogen-bond donors (Lipinski definition) is 1. The smallest absolute Gasteiger partial charge is 0.156 e. The maximum atomic E-state index is 4.55. The van der Waals surface area contributed by atoms with Crippen molar-refractivity contribution in [2.75, 3.05) is 12.3 Å². The van der Waals surface area contributed by atoms with Crippen LogP contribution < -0.4 is 5.32 Å². The predicted molar refractivity (Wildman–Crippen MR) is 61.4 cm³/mol. The number of thioether (sulfide) groups is 1. The molecule has 0 unspecified atom stereocenters. The fraction of sp³-hybridized carbons (Fsp3) is 0.900. The average molecular weight is 200 g/mol. The van der Waals surface area contributed by atoms with Gasteiger partial charge in [0.2, 0.25) is 0 Å². The molecule has 0 amide bonds. The highest BCUT2D eigenvalue weighted by molar-refractivity contribution is 8.13. The highest BCUT2D eigenvalue weighted by Gasteiger charge is 2.23. The van der Waals surface area contributed by atoms with Gasteiger partial charge in [-0.1, -0.05) is 25.6 Å². The van der Waals surface area contributed by atoms with Gasteiger partial charge in [0.15, 0.2) is 5.17 Å². The fourth-order valence-electron chi connectivity index (χ4n) is 1.14. The van der Waals surface area contributed by atoms with E-state index in [0.717, 1.165) is 11.7 Å². The molecule has 1 heterocycles. The molecule has 0 aromatic heterocycles. The monoisotopic (exact) mass is 200 g/mol. The van der Waals surface area contributed by atoms with Gasteiger partial charge in [-0.05, 0) is 26.2 Å². The molecule has 2 nitrogen and oxygen atoms in total. The lowest BCUT2D eigenvalue weighted by molar-refractivity contribution is 0.445. The first-order chi connectivity index (χ1) is 5.99. The second-order valence-electron chi connectivity index (χ2n) is 4.65. The third kappa shape index (κ3) is 4.03. The van der Waals surface area contributed by atoms with Crippen LogP contribution in [0, 0.1) is 5.92 Å². The maximum absolute atomic E-state index is 4.55. The van der Waals surface area contributed by atoms with Crippen LogP contribution in [0.5, 0.6) is 0 Å². The molecule has 0 spiro atoms. The van der Waals surface area contributed by atoms with Gasteiger partial charge in [-0.15, -0.1) is 0 Å². The van der Waals surface area contributed by atoms with Crippen molar-refractivity contribution in [1.82, 2.24) is 5.32 Å². The van der Waals surface area contributed by atoms with Gasteiger partial charge in [-0.3, -0.25) is 4.99 Å². The maximum Gasteiger partial charge on any atom is 0.156 e. The van der Waals surface area contributed by atoms with E-state index in [1.165, 1.54) is 12.2 Å². The minimum absolute atomic E-state index is 0.237. The highest BCUT2D eigenvalue weighted by Crippen LogP contribution is 2.21. The molecule has 0 bridgehead atoms. The molecule has 0 aromatic carbocycles. The molecule has 1 aliphatic rings. The molecular weight excluding hydrogens is 180 g/mol. The van der Waals surface area contributed by atoms with E-state index in [1.807, 2.05) is 11.8 Å². The van der Waals surface area contributed by atoms with Crippen LogP contribution in [0.25, 0.3) is 0 Å². The summed E-state index contributed by atoms with van der Waals surface area (Å²) in [5.41, 5.74) is 0.237. The average Bonchev–Trinajstić information content (AvgIpc) is 1.99. The van der Waals surface area contributed by atoms with Gasteiger partial charge in [0, 0.05) is 17.8 Å². The molecule has 0 radical (unpaired) electrons.